The van der Waals surface area contributed by atoms with E-state index in [-0.39, 0.29) is 60.6 Å². The van der Waals surface area contributed by atoms with Gasteiger partial charge in [-0.1, -0.05) is 25.5 Å². The van der Waals surface area contributed by atoms with Crippen LogP contribution in [0.1, 0.15) is 58.8 Å². The Hall–Kier alpha value is -2.19. The summed E-state index contributed by atoms with van der Waals surface area (Å²) in [4.78, 5) is 41.7. The molecule has 0 aromatic heterocycles. The molecule has 6 atom stereocenters. The quantitative estimate of drug-likeness (QED) is 0.430. The Kier molecular flexibility index (Phi) is 7.26. The lowest BCUT2D eigenvalue weighted by atomic mass is 9.46. The normalized spacial score (nSPS) is 37.8. The Bertz CT molecular complexity index is 998. The Morgan fingerprint density at radius 1 is 1.16 bits per heavy atom. The molecule has 1 amide bonds. The standard InChI is InChI=1S/C29H42N2O6/c1-28-10-8-24(37-26(34)7-6-25(33)31-13-11-30(3)12-14-31)29(2,18-32)23(28)5-4-19-16-20(17-22(19)28)21-9-15-36-27(21)35/h9,16,20,22-24,32H,4-8,10-15,17-18H2,1-3H3. The average Bonchev–Trinajstić information content (AvgIpc) is 3.51. The molecule has 204 valence electrons. The predicted molar refractivity (Wildman–Crippen MR) is 137 cm³/mol. The first-order chi connectivity index (χ1) is 17.7. The molecule has 5 rings (SSSR count). The first-order valence-corrected chi connectivity index (χ1v) is 14.0. The number of aliphatic hydroxyl groups is 1. The molecule has 3 aliphatic carbocycles. The van der Waals surface area contributed by atoms with E-state index in [1.807, 2.05) is 18.0 Å². The van der Waals surface area contributed by atoms with Crippen molar-refractivity contribution >= 4 is 17.8 Å². The SMILES string of the molecule is CN1CCN(C(=O)CCC(=O)OC2CCC3(C)C4CC(C5=CCOC5=O)C=C4CCC3C2(C)CO)CC1. The molecule has 0 radical (unpaired) electrons. The van der Waals surface area contributed by atoms with Crippen molar-refractivity contribution in [1.82, 2.24) is 9.80 Å². The van der Waals surface area contributed by atoms with Gasteiger partial charge < -0.3 is 24.4 Å². The van der Waals surface area contributed by atoms with Gasteiger partial charge in [-0.3, -0.25) is 9.59 Å². The van der Waals surface area contributed by atoms with Crippen LogP contribution in [0.25, 0.3) is 0 Å². The van der Waals surface area contributed by atoms with Crippen LogP contribution in [0.15, 0.2) is 23.3 Å². The van der Waals surface area contributed by atoms with Gasteiger partial charge in [0.15, 0.2) is 0 Å². The first kappa shape index (κ1) is 26.4. The van der Waals surface area contributed by atoms with Gasteiger partial charge in [0.05, 0.1) is 13.0 Å². The van der Waals surface area contributed by atoms with E-state index in [1.165, 1.54) is 5.57 Å². The van der Waals surface area contributed by atoms with E-state index in [4.69, 9.17) is 9.47 Å². The summed E-state index contributed by atoms with van der Waals surface area (Å²) in [7, 11) is 2.05. The first-order valence-electron chi connectivity index (χ1n) is 14.0. The van der Waals surface area contributed by atoms with Crippen molar-refractivity contribution in [1.29, 1.82) is 0 Å². The fourth-order valence-corrected chi connectivity index (χ4v) is 8.05. The highest BCUT2D eigenvalue weighted by atomic mass is 16.5. The molecule has 2 heterocycles. The van der Waals surface area contributed by atoms with Crippen molar-refractivity contribution in [2.75, 3.05) is 46.4 Å². The van der Waals surface area contributed by atoms with Crippen LogP contribution in [0, 0.1) is 28.6 Å². The molecule has 0 aromatic carbocycles. The number of hydrogen-bond donors (Lipinski definition) is 1. The zero-order valence-electron chi connectivity index (χ0n) is 22.5. The van der Waals surface area contributed by atoms with Gasteiger partial charge in [0.25, 0.3) is 0 Å². The average molecular weight is 515 g/mol. The maximum Gasteiger partial charge on any atom is 0.334 e. The number of carbonyl (C=O) groups excluding carboxylic acids is 3. The molecule has 2 aliphatic heterocycles. The molecule has 37 heavy (non-hydrogen) atoms. The molecular formula is C29H42N2O6. The Morgan fingerprint density at radius 2 is 1.92 bits per heavy atom. The van der Waals surface area contributed by atoms with E-state index < -0.39 is 5.41 Å². The van der Waals surface area contributed by atoms with E-state index >= 15 is 0 Å². The minimum atomic E-state index is -0.542. The van der Waals surface area contributed by atoms with Crippen LogP contribution >= 0.6 is 0 Å². The molecule has 3 fully saturated rings. The van der Waals surface area contributed by atoms with E-state index in [2.05, 4.69) is 24.8 Å². The molecule has 1 N–H and O–H groups in total. The van der Waals surface area contributed by atoms with Gasteiger partial charge in [-0.15, -0.1) is 0 Å². The number of piperazine rings is 1. The van der Waals surface area contributed by atoms with E-state index in [9.17, 15) is 19.5 Å². The molecule has 5 aliphatic rings. The summed E-state index contributed by atoms with van der Waals surface area (Å²) in [6, 6.07) is 0. The van der Waals surface area contributed by atoms with Crippen molar-refractivity contribution in [3.05, 3.63) is 23.3 Å². The van der Waals surface area contributed by atoms with E-state index in [0.29, 0.717) is 32.0 Å². The molecule has 0 spiro atoms. The fraction of sp³-hybridized carbons (Fsp3) is 0.759. The van der Waals surface area contributed by atoms with Crippen molar-refractivity contribution in [2.45, 2.75) is 64.9 Å². The van der Waals surface area contributed by atoms with Crippen LogP contribution < -0.4 is 0 Å². The number of ether oxygens (including phenoxy) is 2. The zero-order chi connectivity index (χ0) is 26.4. The number of hydrogen-bond acceptors (Lipinski definition) is 7. The fourth-order valence-electron chi connectivity index (χ4n) is 8.05. The number of nitrogens with zero attached hydrogens (tertiary/aromatic N) is 2. The smallest absolute Gasteiger partial charge is 0.334 e. The summed E-state index contributed by atoms with van der Waals surface area (Å²) in [5.41, 5.74) is 1.65. The van der Waals surface area contributed by atoms with E-state index in [1.54, 1.807) is 0 Å². The Labute approximate surface area is 220 Å². The van der Waals surface area contributed by atoms with Gasteiger partial charge in [0, 0.05) is 49.5 Å². The Balaban J connectivity index is 1.22. The zero-order valence-corrected chi connectivity index (χ0v) is 22.5. The Morgan fingerprint density at radius 3 is 2.59 bits per heavy atom. The highest BCUT2D eigenvalue weighted by Gasteiger charge is 2.60. The number of carbonyl (C=O) groups is 3. The summed E-state index contributed by atoms with van der Waals surface area (Å²) in [6.45, 7) is 7.84. The summed E-state index contributed by atoms with van der Waals surface area (Å²) >= 11 is 0. The number of rotatable bonds is 6. The molecule has 1 saturated heterocycles. The number of allylic oxidation sites excluding steroid dienone is 2. The lowest BCUT2D eigenvalue weighted by Crippen LogP contribution is -2.58. The van der Waals surface area contributed by atoms with Gasteiger partial charge >= 0.3 is 11.9 Å². The molecule has 0 bridgehead atoms. The summed E-state index contributed by atoms with van der Waals surface area (Å²) in [5.74, 6) is 0.140. The lowest BCUT2D eigenvalue weighted by molar-refractivity contribution is -0.187. The molecule has 6 unspecified atom stereocenters. The molecule has 8 nitrogen and oxygen atoms in total. The maximum atomic E-state index is 12.9. The van der Waals surface area contributed by atoms with Gasteiger partial charge in [0.2, 0.25) is 5.91 Å². The monoisotopic (exact) mass is 514 g/mol. The topological polar surface area (TPSA) is 96.4 Å². The summed E-state index contributed by atoms with van der Waals surface area (Å²) in [5, 5.41) is 10.7. The van der Waals surface area contributed by atoms with Crippen LogP contribution in [-0.4, -0.2) is 85.3 Å². The van der Waals surface area contributed by atoms with Gasteiger partial charge in [-0.25, -0.2) is 4.79 Å². The molecule has 8 heteroatoms. The van der Waals surface area contributed by atoms with Crippen LogP contribution in [0.2, 0.25) is 0 Å². The van der Waals surface area contributed by atoms with Gasteiger partial charge in [-0.2, -0.15) is 0 Å². The second-order valence-corrected chi connectivity index (χ2v) is 12.4. The van der Waals surface area contributed by atoms with E-state index in [0.717, 1.165) is 44.3 Å². The number of aliphatic hydroxyl groups excluding tert-OH is 1. The molecule has 2 saturated carbocycles. The second kappa shape index (κ2) is 10.2. The predicted octanol–water partition coefficient (Wildman–Crippen LogP) is 2.71. The van der Waals surface area contributed by atoms with Crippen LogP contribution in [0.4, 0.5) is 0 Å². The number of cyclic esters (lactones) is 1. The number of amides is 1. The second-order valence-electron chi connectivity index (χ2n) is 12.4. The van der Waals surface area contributed by atoms with Crippen molar-refractivity contribution in [2.24, 2.45) is 28.6 Å². The highest BCUT2D eigenvalue weighted by molar-refractivity contribution is 5.91. The van der Waals surface area contributed by atoms with Gasteiger partial charge in [-0.05, 0) is 62.5 Å². The number of fused-ring (bicyclic) bond motifs is 3. The van der Waals surface area contributed by atoms with Crippen LogP contribution in [-0.2, 0) is 23.9 Å². The van der Waals surface area contributed by atoms with Crippen molar-refractivity contribution in [3.63, 3.8) is 0 Å². The maximum absolute atomic E-state index is 12.9. The third-order valence-corrected chi connectivity index (χ3v) is 10.3. The minimum Gasteiger partial charge on any atom is -0.462 e. The third kappa shape index (κ3) is 4.76. The van der Waals surface area contributed by atoms with Gasteiger partial charge in [0.1, 0.15) is 12.7 Å². The summed E-state index contributed by atoms with van der Waals surface area (Å²) in [6.07, 6.45) is 8.48. The number of likely N-dealkylation sites (N-methyl/N-ethyl adjacent to an activating group) is 1. The van der Waals surface area contributed by atoms with Crippen LogP contribution in [0.3, 0.4) is 0 Å². The third-order valence-electron chi connectivity index (χ3n) is 10.3. The lowest BCUT2D eigenvalue weighted by Gasteiger charge is -2.59. The summed E-state index contributed by atoms with van der Waals surface area (Å²) < 4.78 is 11.2. The molecule has 0 aromatic rings. The largest absolute Gasteiger partial charge is 0.462 e. The van der Waals surface area contributed by atoms with Crippen LogP contribution in [0.5, 0.6) is 0 Å². The minimum absolute atomic E-state index is 0.00910. The number of esters is 2. The van der Waals surface area contributed by atoms with Crippen molar-refractivity contribution < 1.29 is 29.0 Å². The molecular weight excluding hydrogens is 472 g/mol. The highest BCUT2D eigenvalue weighted by Crippen LogP contribution is 2.64. The van der Waals surface area contributed by atoms with Crippen molar-refractivity contribution in [3.8, 4) is 0 Å².